The Balaban J connectivity index is 2.03. The summed E-state index contributed by atoms with van der Waals surface area (Å²) in [5.74, 6) is -0.0436. The van der Waals surface area contributed by atoms with E-state index >= 15 is 0 Å². The minimum atomic E-state index is -0.0436. The molecule has 0 unspecified atom stereocenters. The molecule has 3 nitrogen and oxygen atoms in total. The molecule has 0 aliphatic heterocycles. The molecule has 0 saturated heterocycles. The van der Waals surface area contributed by atoms with Crippen LogP contribution >= 0.6 is 23.5 Å². The first kappa shape index (κ1) is 18.8. The van der Waals surface area contributed by atoms with Crippen LogP contribution in [0, 0.1) is 0 Å². The molecule has 3 rings (SSSR count). The summed E-state index contributed by atoms with van der Waals surface area (Å²) in [6, 6.07) is 18.1. The molecule has 134 valence electrons. The number of thioether (sulfide) groups is 1. The van der Waals surface area contributed by atoms with Gasteiger partial charge in [0.1, 0.15) is 5.03 Å². The minimum absolute atomic E-state index is 0.0436. The molecule has 1 N–H and O–H groups in total. The summed E-state index contributed by atoms with van der Waals surface area (Å²) in [6.45, 7) is 4.09. The zero-order chi connectivity index (χ0) is 18.5. The van der Waals surface area contributed by atoms with Gasteiger partial charge in [0, 0.05) is 21.2 Å². The summed E-state index contributed by atoms with van der Waals surface area (Å²) in [5.41, 5.74) is 1.52. The van der Waals surface area contributed by atoms with Gasteiger partial charge in [0.25, 0.3) is 5.91 Å². The lowest BCUT2D eigenvalue weighted by molar-refractivity contribution is 0.0940. The van der Waals surface area contributed by atoms with Crippen LogP contribution in [0.5, 0.6) is 0 Å². The maximum absolute atomic E-state index is 12.8. The second-order valence-electron chi connectivity index (χ2n) is 6.06. The van der Waals surface area contributed by atoms with Crippen molar-refractivity contribution in [3.8, 4) is 0 Å². The van der Waals surface area contributed by atoms with E-state index in [-0.39, 0.29) is 11.9 Å². The van der Waals surface area contributed by atoms with Crippen molar-refractivity contribution < 1.29 is 4.79 Å². The van der Waals surface area contributed by atoms with Gasteiger partial charge in [0.05, 0.1) is 11.1 Å². The Morgan fingerprint density at radius 2 is 1.81 bits per heavy atom. The third-order valence-corrected chi connectivity index (χ3v) is 6.13. The number of hydrogen-bond donors (Lipinski definition) is 1. The van der Waals surface area contributed by atoms with Crippen LogP contribution < -0.4 is 5.32 Å². The average molecular weight is 383 g/mol. The fourth-order valence-corrected chi connectivity index (χ4v) is 4.33. The van der Waals surface area contributed by atoms with E-state index in [9.17, 15) is 4.79 Å². The lowest BCUT2D eigenvalue weighted by Crippen LogP contribution is -2.32. The molecule has 2 aromatic carbocycles. The van der Waals surface area contributed by atoms with Gasteiger partial charge in [-0.25, -0.2) is 4.98 Å². The Morgan fingerprint density at radius 1 is 1.12 bits per heavy atom. The van der Waals surface area contributed by atoms with E-state index < -0.39 is 0 Å². The molecule has 0 aliphatic rings. The number of fused-ring (bicyclic) bond motifs is 1. The number of nitrogens with one attached hydrogen (secondary N) is 1. The molecule has 0 aliphatic carbocycles. The van der Waals surface area contributed by atoms with Crippen molar-refractivity contribution >= 4 is 40.3 Å². The Morgan fingerprint density at radius 3 is 2.54 bits per heavy atom. The van der Waals surface area contributed by atoms with Gasteiger partial charge >= 0.3 is 0 Å². The van der Waals surface area contributed by atoms with Crippen molar-refractivity contribution in [1.82, 2.24) is 10.3 Å². The topological polar surface area (TPSA) is 42.0 Å². The number of carbonyl (C=O) groups excluding carboxylic acids is 1. The first-order chi connectivity index (χ1) is 12.6. The fourth-order valence-electron chi connectivity index (χ4n) is 2.61. The monoisotopic (exact) mass is 382 g/mol. The number of rotatable bonds is 6. The Kier molecular flexibility index (Phi) is 6.22. The first-order valence-corrected chi connectivity index (χ1v) is 10.7. The smallest absolute Gasteiger partial charge is 0.252 e. The highest BCUT2D eigenvalue weighted by Gasteiger charge is 2.15. The molecule has 0 fully saturated rings. The van der Waals surface area contributed by atoms with Crippen molar-refractivity contribution in [2.24, 2.45) is 0 Å². The van der Waals surface area contributed by atoms with Gasteiger partial charge in [-0.05, 0) is 43.9 Å². The summed E-state index contributed by atoms with van der Waals surface area (Å²) < 4.78 is 0. The standard InChI is InChI=1S/C21H22N2OS2/c1-4-14(2)22-21(24)16-13-20(23-17-10-6-5-9-15(16)17)26-19-12-8-7-11-18(19)25-3/h5-14H,4H2,1-3H3,(H,22,24)/t14-/m1/s1. The van der Waals surface area contributed by atoms with Crippen LogP contribution in [0.25, 0.3) is 10.9 Å². The number of amides is 1. The van der Waals surface area contributed by atoms with Crippen LogP contribution in [0.15, 0.2) is 69.4 Å². The molecule has 1 heterocycles. The number of benzene rings is 2. The van der Waals surface area contributed by atoms with Crippen molar-refractivity contribution in [2.45, 2.75) is 41.1 Å². The Hall–Kier alpha value is -1.98. The van der Waals surface area contributed by atoms with Crippen LogP contribution in [0.4, 0.5) is 0 Å². The van der Waals surface area contributed by atoms with Gasteiger partial charge < -0.3 is 5.32 Å². The largest absolute Gasteiger partial charge is 0.350 e. The Labute approximate surface area is 163 Å². The molecule has 1 aromatic heterocycles. The molecule has 0 bridgehead atoms. The van der Waals surface area contributed by atoms with E-state index in [1.807, 2.05) is 49.4 Å². The lowest BCUT2D eigenvalue weighted by Gasteiger charge is -2.14. The molecule has 26 heavy (non-hydrogen) atoms. The highest BCUT2D eigenvalue weighted by atomic mass is 32.2. The quantitative estimate of drug-likeness (QED) is 0.561. The maximum Gasteiger partial charge on any atom is 0.252 e. The molecule has 3 aromatic rings. The Bertz CT molecular complexity index is 927. The van der Waals surface area contributed by atoms with Gasteiger partial charge in [-0.15, -0.1) is 11.8 Å². The van der Waals surface area contributed by atoms with E-state index in [0.29, 0.717) is 5.56 Å². The number of carbonyl (C=O) groups is 1. The lowest BCUT2D eigenvalue weighted by atomic mass is 10.1. The van der Waals surface area contributed by atoms with Crippen LogP contribution in [0.1, 0.15) is 30.6 Å². The molecule has 0 spiro atoms. The molecule has 1 atom stereocenters. The van der Waals surface area contributed by atoms with Crippen LogP contribution in [0.2, 0.25) is 0 Å². The van der Waals surface area contributed by atoms with Crippen LogP contribution in [0.3, 0.4) is 0 Å². The number of nitrogens with zero attached hydrogens (tertiary/aromatic N) is 1. The van der Waals surface area contributed by atoms with E-state index in [2.05, 4.69) is 30.6 Å². The summed E-state index contributed by atoms with van der Waals surface area (Å²) >= 11 is 3.31. The number of hydrogen-bond acceptors (Lipinski definition) is 4. The van der Waals surface area contributed by atoms with Crippen molar-refractivity contribution in [2.75, 3.05) is 6.26 Å². The van der Waals surface area contributed by atoms with Crippen molar-refractivity contribution in [1.29, 1.82) is 0 Å². The molecule has 5 heteroatoms. The van der Waals surface area contributed by atoms with Gasteiger partial charge in [0.2, 0.25) is 0 Å². The third-order valence-electron chi connectivity index (χ3n) is 4.21. The second kappa shape index (κ2) is 8.60. The molecule has 0 radical (unpaired) electrons. The summed E-state index contributed by atoms with van der Waals surface area (Å²) in [4.78, 5) is 19.9. The summed E-state index contributed by atoms with van der Waals surface area (Å²) in [7, 11) is 0. The molecule has 0 saturated carbocycles. The van der Waals surface area contributed by atoms with Gasteiger partial charge in [-0.1, -0.05) is 49.0 Å². The number of para-hydroxylation sites is 1. The normalized spacial score (nSPS) is 12.1. The maximum atomic E-state index is 12.8. The zero-order valence-corrected chi connectivity index (χ0v) is 16.8. The van der Waals surface area contributed by atoms with E-state index in [0.717, 1.165) is 27.2 Å². The SMILES string of the molecule is CC[C@@H](C)NC(=O)c1cc(Sc2ccccc2SC)nc2ccccc12. The second-order valence-corrected chi connectivity index (χ2v) is 7.97. The third kappa shape index (κ3) is 4.22. The van der Waals surface area contributed by atoms with Gasteiger partial charge in [-0.2, -0.15) is 0 Å². The predicted octanol–water partition coefficient (Wildman–Crippen LogP) is 5.64. The fraction of sp³-hybridized carbons (Fsp3) is 0.238. The van der Waals surface area contributed by atoms with Crippen LogP contribution in [-0.2, 0) is 0 Å². The van der Waals surface area contributed by atoms with Crippen LogP contribution in [-0.4, -0.2) is 23.2 Å². The van der Waals surface area contributed by atoms with Crippen molar-refractivity contribution in [3.05, 3.63) is 60.2 Å². The molecular weight excluding hydrogens is 360 g/mol. The van der Waals surface area contributed by atoms with E-state index in [4.69, 9.17) is 4.98 Å². The van der Waals surface area contributed by atoms with E-state index in [1.165, 1.54) is 4.90 Å². The molecule has 1 amide bonds. The van der Waals surface area contributed by atoms with E-state index in [1.54, 1.807) is 23.5 Å². The highest BCUT2D eigenvalue weighted by Crippen LogP contribution is 2.35. The first-order valence-electron chi connectivity index (χ1n) is 8.64. The predicted molar refractivity (Wildman–Crippen MR) is 111 cm³/mol. The zero-order valence-electron chi connectivity index (χ0n) is 15.2. The minimum Gasteiger partial charge on any atom is -0.350 e. The molecular formula is C21H22N2OS2. The average Bonchev–Trinajstić information content (AvgIpc) is 2.67. The summed E-state index contributed by atoms with van der Waals surface area (Å²) in [6.07, 6.45) is 2.97. The summed E-state index contributed by atoms with van der Waals surface area (Å²) in [5, 5.41) is 4.79. The van der Waals surface area contributed by atoms with Crippen molar-refractivity contribution in [3.63, 3.8) is 0 Å². The highest BCUT2D eigenvalue weighted by molar-refractivity contribution is 8.02. The van der Waals surface area contributed by atoms with Gasteiger partial charge in [-0.3, -0.25) is 4.79 Å². The van der Waals surface area contributed by atoms with Gasteiger partial charge in [0.15, 0.2) is 0 Å². The number of aromatic nitrogens is 1. The number of pyridine rings is 1.